The number of benzene rings is 3. The molecule has 0 spiro atoms. The molecule has 2 heteroatoms. The smallest absolute Gasteiger partial charge is 0.172 e. The monoisotopic (exact) mass is 379 g/mol. The molecule has 0 aromatic heterocycles. The van der Waals surface area contributed by atoms with Crippen LogP contribution in [0.1, 0.15) is 11.1 Å². The summed E-state index contributed by atoms with van der Waals surface area (Å²) in [6.45, 7) is 0. The molecule has 1 aliphatic carbocycles. The third-order valence-corrected chi connectivity index (χ3v) is 8.81. The average Bonchev–Trinajstić information content (AvgIpc) is 3.06. The molecule has 0 fully saturated rings. The lowest BCUT2D eigenvalue weighted by molar-refractivity contribution is 0.590. The molecule has 0 saturated carbocycles. The van der Waals surface area contributed by atoms with Gasteiger partial charge in [0.2, 0.25) is 0 Å². The third-order valence-electron chi connectivity index (χ3n) is 5.50. The van der Waals surface area contributed by atoms with Crippen LogP contribution < -0.4 is 5.30 Å². The van der Waals surface area contributed by atoms with Crippen LogP contribution in [0.25, 0.3) is 10.9 Å². The fraction of sp³-hybridized carbons (Fsp3) is 0.0385. The Morgan fingerprint density at radius 1 is 0.714 bits per heavy atom. The first-order valence-corrected chi connectivity index (χ1v) is 11.2. The van der Waals surface area contributed by atoms with Crippen molar-refractivity contribution >= 4 is 23.3 Å². The van der Waals surface area contributed by atoms with E-state index in [1.54, 1.807) is 0 Å². The van der Waals surface area contributed by atoms with Crippen LogP contribution >= 0.6 is 7.14 Å². The molecule has 134 valence electrons. The average molecular weight is 379 g/mol. The van der Waals surface area contributed by atoms with E-state index >= 15 is 0 Å². The maximum Gasteiger partial charge on any atom is 0.172 e. The molecule has 5 rings (SSSR count). The molecule has 0 unspecified atom stereocenters. The van der Waals surface area contributed by atoms with Gasteiger partial charge in [0.05, 0.1) is 18.6 Å². The van der Waals surface area contributed by atoms with Gasteiger partial charge in [-0.05, 0) is 11.1 Å². The summed E-state index contributed by atoms with van der Waals surface area (Å²) in [4.78, 5) is 0. The van der Waals surface area contributed by atoms with Gasteiger partial charge in [-0.2, -0.15) is 0 Å². The highest BCUT2D eigenvalue weighted by atomic mass is 31.2. The zero-order valence-corrected chi connectivity index (χ0v) is 16.3. The van der Waals surface area contributed by atoms with E-state index in [0.29, 0.717) is 0 Å². The Hall–Kier alpha value is -3.02. The van der Waals surface area contributed by atoms with Crippen LogP contribution in [0.15, 0.2) is 115 Å². The normalized spacial score (nSPS) is 23.1. The number of rotatable bonds is 3. The Morgan fingerprint density at radius 3 is 1.93 bits per heavy atom. The highest BCUT2D eigenvalue weighted by Crippen LogP contribution is 2.75. The predicted octanol–water partition coefficient (Wildman–Crippen LogP) is 6.53. The van der Waals surface area contributed by atoms with Crippen molar-refractivity contribution in [2.75, 3.05) is 0 Å². The Bertz CT molecular complexity index is 1140. The minimum absolute atomic E-state index is 0.0358. The van der Waals surface area contributed by atoms with E-state index in [1.807, 2.05) is 60.7 Å². The van der Waals surface area contributed by atoms with E-state index < -0.39 is 7.14 Å². The molecular weight excluding hydrogens is 359 g/mol. The second-order valence-corrected chi connectivity index (χ2v) is 9.78. The van der Waals surface area contributed by atoms with Gasteiger partial charge in [-0.1, -0.05) is 91.0 Å². The summed E-state index contributed by atoms with van der Waals surface area (Å²) in [6, 6.07) is 30.6. The zero-order chi connectivity index (χ0) is 19.0. The van der Waals surface area contributed by atoms with Gasteiger partial charge in [-0.25, -0.2) is 0 Å². The molecule has 0 amide bonds. The van der Waals surface area contributed by atoms with E-state index in [4.69, 9.17) is 0 Å². The molecule has 3 aromatic carbocycles. The topological polar surface area (TPSA) is 17.1 Å². The van der Waals surface area contributed by atoms with Crippen LogP contribution in [0.4, 0.5) is 0 Å². The Balaban J connectivity index is 1.89. The summed E-state index contributed by atoms with van der Waals surface area (Å²) < 4.78 is 14.9. The third kappa shape index (κ3) is 2.55. The SMILES string of the molecule is O=[P@@]1(c2ccccc2)C2=CC=C[CH+][C@@H]2C(c2ccccc2)=C1c1ccccc1. The Morgan fingerprint density at radius 2 is 1.29 bits per heavy atom. The predicted molar refractivity (Wildman–Crippen MR) is 118 cm³/mol. The van der Waals surface area contributed by atoms with Gasteiger partial charge in [0.1, 0.15) is 5.92 Å². The van der Waals surface area contributed by atoms with Crippen molar-refractivity contribution in [1.29, 1.82) is 0 Å². The fourth-order valence-corrected chi connectivity index (χ4v) is 7.74. The van der Waals surface area contributed by atoms with Crippen molar-refractivity contribution in [2.45, 2.75) is 0 Å². The molecule has 2 aliphatic rings. The lowest BCUT2D eigenvalue weighted by atomic mass is 9.86. The Kier molecular flexibility index (Phi) is 4.19. The van der Waals surface area contributed by atoms with Crippen molar-refractivity contribution in [3.63, 3.8) is 0 Å². The molecule has 0 bridgehead atoms. The summed E-state index contributed by atoms with van der Waals surface area (Å²) in [5.41, 5.74) is 3.34. The molecule has 1 heterocycles. The van der Waals surface area contributed by atoms with Gasteiger partial charge in [0.15, 0.2) is 7.14 Å². The minimum Gasteiger partial charge on any atom is -0.309 e. The summed E-state index contributed by atoms with van der Waals surface area (Å²) in [6.07, 6.45) is 8.33. The lowest BCUT2D eigenvalue weighted by Crippen LogP contribution is -2.09. The summed E-state index contributed by atoms with van der Waals surface area (Å²) in [5.74, 6) is 0.0358. The van der Waals surface area contributed by atoms with Crippen LogP contribution in [0.5, 0.6) is 0 Å². The number of fused-ring (bicyclic) bond motifs is 1. The molecule has 0 N–H and O–H groups in total. The van der Waals surface area contributed by atoms with Gasteiger partial charge in [-0.15, -0.1) is 0 Å². The summed E-state index contributed by atoms with van der Waals surface area (Å²) >= 11 is 0. The van der Waals surface area contributed by atoms with E-state index in [-0.39, 0.29) is 5.92 Å². The van der Waals surface area contributed by atoms with Gasteiger partial charge < -0.3 is 4.57 Å². The molecule has 0 radical (unpaired) electrons. The van der Waals surface area contributed by atoms with Crippen LogP contribution in [0.2, 0.25) is 0 Å². The van der Waals surface area contributed by atoms with Gasteiger partial charge in [-0.3, -0.25) is 0 Å². The molecule has 0 saturated heterocycles. The van der Waals surface area contributed by atoms with E-state index in [2.05, 4.69) is 55.0 Å². The van der Waals surface area contributed by atoms with Crippen LogP contribution in [-0.2, 0) is 4.57 Å². The summed E-state index contributed by atoms with van der Waals surface area (Å²) in [7, 11) is -2.95. The van der Waals surface area contributed by atoms with Crippen molar-refractivity contribution in [3.05, 3.63) is 132 Å². The summed E-state index contributed by atoms with van der Waals surface area (Å²) in [5, 5.41) is 2.89. The van der Waals surface area contributed by atoms with Crippen LogP contribution in [-0.4, -0.2) is 0 Å². The molecule has 2 atom stereocenters. The van der Waals surface area contributed by atoms with Crippen molar-refractivity contribution in [1.82, 2.24) is 0 Å². The quantitative estimate of drug-likeness (QED) is 0.373. The van der Waals surface area contributed by atoms with Crippen LogP contribution in [0.3, 0.4) is 0 Å². The highest BCUT2D eigenvalue weighted by molar-refractivity contribution is 7.85. The second kappa shape index (κ2) is 6.86. The largest absolute Gasteiger partial charge is 0.309 e. The number of hydrogen-bond acceptors (Lipinski definition) is 1. The fourth-order valence-electron chi connectivity index (χ4n) is 4.31. The standard InChI is InChI=1S/C26H20OP/c27-28(22-16-8-3-9-17-22)24-19-11-10-18-23(24)25(20-12-4-1-5-13-20)26(28)21-14-6-2-7-15-21/h1-19,23H/q+1/t23-,28-/m0/s1. The van der Waals surface area contributed by atoms with E-state index in [0.717, 1.165) is 32.6 Å². The maximum atomic E-state index is 14.9. The van der Waals surface area contributed by atoms with E-state index in [1.165, 1.54) is 0 Å². The first-order chi connectivity index (χ1) is 13.8. The van der Waals surface area contributed by atoms with Crippen molar-refractivity contribution in [2.24, 2.45) is 5.92 Å². The second-order valence-electron chi connectivity index (χ2n) is 7.09. The Labute approximate surface area is 166 Å². The first-order valence-electron chi connectivity index (χ1n) is 9.53. The number of allylic oxidation sites excluding steroid dienone is 5. The zero-order valence-electron chi connectivity index (χ0n) is 15.4. The van der Waals surface area contributed by atoms with Crippen molar-refractivity contribution in [3.8, 4) is 0 Å². The molecular formula is C26H20OP+. The lowest BCUT2D eigenvalue weighted by Gasteiger charge is -2.20. The minimum atomic E-state index is -2.95. The van der Waals surface area contributed by atoms with Crippen LogP contribution in [0, 0.1) is 12.3 Å². The van der Waals surface area contributed by atoms with Crippen molar-refractivity contribution < 1.29 is 4.57 Å². The molecule has 28 heavy (non-hydrogen) atoms. The van der Waals surface area contributed by atoms with Gasteiger partial charge in [0, 0.05) is 27.6 Å². The molecule has 1 aliphatic heterocycles. The molecule has 3 aromatic rings. The molecule has 1 nitrogen and oxygen atoms in total. The number of hydrogen-bond donors (Lipinski definition) is 0. The first kappa shape index (κ1) is 17.1. The van der Waals surface area contributed by atoms with Gasteiger partial charge in [0.25, 0.3) is 0 Å². The van der Waals surface area contributed by atoms with E-state index in [9.17, 15) is 4.57 Å². The maximum absolute atomic E-state index is 14.9. The van der Waals surface area contributed by atoms with Gasteiger partial charge >= 0.3 is 0 Å². The highest BCUT2D eigenvalue weighted by Gasteiger charge is 2.51.